The highest BCUT2D eigenvalue weighted by Crippen LogP contribution is 2.02. The zero-order valence-electron chi connectivity index (χ0n) is 11.3. The van der Waals surface area contributed by atoms with E-state index in [9.17, 15) is 13.2 Å². The quantitative estimate of drug-likeness (QED) is 0.691. The predicted octanol–water partition coefficient (Wildman–Crippen LogP) is 0.723. The Hall–Kier alpha value is -0.330. The van der Waals surface area contributed by atoms with Crippen LogP contribution in [-0.4, -0.2) is 38.4 Å². The monoisotopic (exact) mass is 300 g/mol. The summed E-state index contributed by atoms with van der Waals surface area (Å²) in [6.07, 6.45) is 0.735. The van der Waals surface area contributed by atoms with Gasteiger partial charge >= 0.3 is 0 Å². The first-order valence-electron chi connectivity index (χ1n) is 5.95. The number of carbonyl (C=O) groups excluding carboxylic acids is 1. The number of carbonyl (C=O) groups is 1. The second kappa shape index (κ2) is 9.58. The fraction of sp³-hybridized carbons (Fsp3) is 0.909. The number of rotatable bonds is 8. The molecule has 1 atom stereocenters. The van der Waals surface area contributed by atoms with Crippen molar-refractivity contribution in [3.05, 3.63) is 0 Å². The first kappa shape index (κ1) is 20.0. The SMILES string of the molecule is CC(C)CS(=O)(=O)CCC(=O)NCCC(C)N.Cl. The van der Waals surface area contributed by atoms with Gasteiger partial charge in [0, 0.05) is 19.0 Å². The smallest absolute Gasteiger partial charge is 0.221 e. The van der Waals surface area contributed by atoms with Crippen molar-refractivity contribution in [1.82, 2.24) is 5.32 Å². The van der Waals surface area contributed by atoms with Crippen LogP contribution in [0.4, 0.5) is 0 Å². The number of sulfone groups is 1. The number of halogens is 1. The number of hydrogen-bond acceptors (Lipinski definition) is 4. The fourth-order valence-corrected chi connectivity index (χ4v) is 3.05. The summed E-state index contributed by atoms with van der Waals surface area (Å²) < 4.78 is 23.1. The Labute approximate surface area is 116 Å². The molecule has 0 aromatic carbocycles. The van der Waals surface area contributed by atoms with Gasteiger partial charge in [0.15, 0.2) is 9.84 Å². The van der Waals surface area contributed by atoms with Crippen molar-refractivity contribution in [3.8, 4) is 0 Å². The molecule has 0 aliphatic rings. The molecule has 0 spiro atoms. The van der Waals surface area contributed by atoms with Gasteiger partial charge in [0.05, 0.1) is 11.5 Å². The molecule has 7 heteroatoms. The van der Waals surface area contributed by atoms with Gasteiger partial charge in [-0.1, -0.05) is 13.8 Å². The minimum absolute atomic E-state index is 0. The second-order valence-electron chi connectivity index (χ2n) is 4.87. The molecule has 0 aliphatic heterocycles. The molecular formula is C11H25ClN2O3S. The molecular weight excluding hydrogens is 276 g/mol. The van der Waals surface area contributed by atoms with E-state index in [2.05, 4.69) is 5.32 Å². The summed E-state index contributed by atoms with van der Waals surface area (Å²) in [5.74, 6) is -0.0610. The molecule has 0 bridgehead atoms. The number of nitrogens with two attached hydrogens (primary N) is 1. The maximum atomic E-state index is 11.5. The minimum Gasteiger partial charge on any atom is -0.356 e. The van der Waals surface area contributed by atoms with Crippen molar-refractivity contribution < 1.29 is 13.2 Å². The summed E-state index contributed by atoms with van der Waals surface area (Å²) >= 11 is 0. The molecule has 3 N–H and O–H groups in total. The normalized spacial score (nSPS) is 12.9. The van der Waals surface area contributed by atoms with Gasteiger partial charge in [-0.3, -0.25) is 4.79 Å². The van der Waals surface area contributed by atoms with E-state index in [-0.39, 0.29) is 48.2 Å². The summed E-state index contributed by atoms with van der Waals surface area (Å²) in [4.78, 5) is 11.3. The maximum absolute atomic E-state index is 11.5. The van der Waals surface area contributed by atoms with E-state index in [4.69, 9.17) is 5.73 Å². The molecule has 0 aliphatic carbocycles. The molecule has 0 rings (SSSR count). The van der Waals surface area contributed by atoms with E-state index < -0.39 is 9.84 Å². The zero-order valence-corrected chi connectivity index (χ0v) is 12.9. The van der Waals surface area contributed by atoms with Crippen molar-refractivity contribution >= 4 is 28.2 Å². The highest BCUT2D eigenvalue weighted by molar-refractivity contribution is 7.91. The van der Waals surface area contributed by atoms with E-state index in [1.165, 1.54) is 0 Å². The van der Waals surface area contributed by atoms with Gasteiger partial charge in [0.25, 0.3) is 0 Å². The lowest BCUT2D eigenvalue weighted by Gasteiger charge is -2.08. The Morgan fingerprint density at radius 2 is 1.83 bits per heavy atom. The van der Waals surface area contributed by atoms with E-state index in [0.717, 1.165) is 0 Å². The molecule has 110 valence electrons. The van der Waals surface area contributed by atoms with Crippen LogP contribution in [0.1, 0.15) is 33.6 Å². The van der Waals surface area contributed by atoms with Crippen LogP contribution in [-0.2, 0) is 14.6 Å². The third-order valence-electron chi connectivity index (χ3n) is 2.15. The molecule has 0 heterocycles. The molecule has 18 heavy (non-hydrogen) atoms. The van der Waals surface area contributed by atoms with Gasteiger partial charge in [-0.2, -0.15) is 0 Å². The van der Waals surface area contributed by atoms with Crippen LogP contribution in [0.25, 0.3) is 0 Å². The summed E-state index contributed by atoms with van der Waals surface area (Å²) in [5, 5.41) is 2.66. The largest absolute Gasteiger partial charge is 0.356 e. The number of amides is 1. The average molecular weight is 301 g/mol. The number of hydrogen-bond donors (Lipinski definition) is 2. The van der Waals surface area contributed by atoms with Crippen molar-refractivity contribution in [2.75, 3.05) is 18.1 Å². The summed E-state index contributed by atoms with van der Waals surface area (Å²) in [5.41, 5.74) is 5.53. The van der Waals surface area contributed by atoms with Crippen LogP contribution in [0.2, 0.25) is 0 Å². The molecule has 1 amide bonds. The van der Waals surface area contributed by atoms with Crippen LogP contribution < -0.4 is 11.1 Å². The zero-order chi connectivity index (χ0) is 13.5. The van der Waals surface area contributed by atoms with Crippen molar-refractivity contribution in [2.45, 2.75) is 39.7 Å². The molecule has 0 saturated heterocycles. The topological polar surface area (TPSA) is 89.3 Å². The Balaban J connectivity index is 0. The highest BCUT2D eigenvalue weighted by atomic mass is 35.5. The van der Waals surface area contributed by atoms with Gasteiger partial charge in [-0.25, -0.2) is 8.42 Å². The van der Waals surface area contributed by atoms with Crippen molar-refractivity contribution in [3.63, 3.8) is 0 Å². The van der Waals surface area contributed by atoms with E-state index >= 15 is 0 Å². The van der Waals surface area contributed by atoms with Crippen LogP contribution in [0, 0.1) is 5.92 Å². The average Bonchev–Trinajstić information content (AvgIpc) is 2.12. The van der Waals surface area contributed by atoms with Crippen LogP contribution in [0.15, 0.2) is 0 Å². The lowest BCUT2D eigenvalue weighted by atomic mass is 10.2. The Kier molecular flexibility index (Phi) is 10.6. The van der Waals surface area contributed by atoms with Gasteiger partial charge in [-0.15, -0.1) is 12.4 Å². The van der Waals surface area contributed by atoms with Gasteiger partial charge in [0.1, 0.15) is 0 Å². The maximum Gasteiger partial charge on any atom is 0.221 e. The Bertz CT molecular complexity index is 329. The minimum atomic E-state index is -3.10. The molecule has 5 nitrogen and oxygen atoms in total. The second-order valence-corrected chi connectivity index (χ2v) is 7.10. The lowest BCUT2D eigenvalue weighted by Crippen LogP contribution is -2.30. The van der Waals surface area contributed by atoms with E-state index in [0.29, 0.717) is 13.0 Å². The standard InChI is InChI=1S/C11H24N2O3S.ClH/c1-9(2)8-17(15,16)7-5-11(14)13-6-4-10(3)12;/h9-10H,4-8,12H2,1-3H3,(H,13,14);1H. The van der Waals surface area contributed by atoms with Gasteiger partial charge in [0.2, 0.25) is 5.91 Å². The molecule has 0 saturated carbocycles. The third-order valence-corrected chi connectivity index (χ3v) is 4.15. The first-order valence-corrected chi connectivity index (χ1v) is 7.78. The van der Waals surface area contributed by atoms with Crippen molar-refractivity contribution in [1.29, 1.82) is 0 Å². The molecule has 0 aromatic rings. The fourth-order valence-electron chi connectivity index (χ4n) is 1.37. The third kappa shape index (κ3) is 12.1. The molecule has 0 aromatic heterocycles. The molecule has 0 radical (unpaired) electrons. The first-order chi connectivity index (χ1) is 7.73. The lowest BCUT2D eigenvalue weighted by molar-refractivity contribution is -0.120. The van der Waals surface area contributed by atoms with Crippen LogP contribution in [0.5, 0.6) is 0 Å². The summed E-state index contributed by atoms with van der Waals surface area (Å²) in [6, 6.07) is 0.0416. The van der Waals surface area contributed by atoms with E-state index in [1.54, 1.807) is 0 Å². The summed E-state index contributed by atoms with van der Waals surface area (Å²) in [7, 11) is -3.10. The van der Waals surface area contributed by atoms with Gasteiger partial charge < -0.3 is 11.1 Å². The Morgan fingerprint density at radius 1 is 1.28 bits per heavy atom. The van der Waals surface area contributed by atoms with Crippen LogP contribution >= 0.6 is 12.4 Å². The number of nitrogens with one attached hydrogen (secondary N) is 1. The highest BCUT2D eigenvalue weighted by Gasteiger charge is 2.15. The summed E-state index contributed by atoms with van der Waals surface area (Å²) in [6.45, 7) is 6.06. The van der Waals surface area contributed by atoms with Crippen LogP contribution in [0.3, 0.4) is 0 Å². The van der Waals surface area contributed by atoms with Gasteiger partial charge in [-0.05, 0) is 19.3 Å². The van der Waals surface area contributed by atoms with E-state index in [1.807, 2.05) is 20.8 Å². The molecule has 1 unspecified atom stereocenters. The predicted molar refractivity (Wildman–Crippen MR) is 76.6 cm³/mol. The van der Waals surface area contributed by atoms with Crippen molar-refractivity contribution in [2.24, 2.45) is 11.7 Å². The Morgan fingerprint density at radius 3 is 2.28 bits per heavy atom. The molecule has 0 fully saturated rings.